The molecular weight excluding hydrogens is 188 g/mol. The van der Waals surface area contributed by atoms with E-state index in [0.29, 0.717) is 11.9 Å². The van der Waals surface area contributed by atoms with Gasteiger partial charge in [-0.15, -0.1) is 0 Å². The summed E-state index contributed by atoms with van der Waals surface area (Å²) < 4.78 is 2.10. The van der Waals surface area contributed by atoms with E-state index >= 15 is 0 Å². The van der Waals surface area contributed by atoms with E-state index in [9.17, 15) is 0 Å². The van der Waals surface area contributed by atoms with Crippen LogP contribution in [0, 0.1) is 0 Å². The second kappa shape index (κ2) is 3.73. The summed E-state index contributed by atoms with van der Waals surface area (Å²) >= 11 is 0. The Morgan fingerprint density at radius 2 is 2.07 bits per heavy atom. The Morgan fingerprint density at radius 3 is 2.67 bits per heavy atom. The van der Waals surface area contributed by atoms with E-state index in [-0.39, 0.29) is 0 Å². The molecule has 15 heavy (non-hydrogen) atoms. The quantitative estimate of drug-likeness (QED) is 0.811. The van der Waals surface area contributed by atoms with Gasteiger partial charge in [0.15, 0.2) is 0 Å². The number of hydrogen-bond acceptors (Lipinski definition) is 3. The first-order valence-electron chi connectivity index (χ1n) is 4.92. The SMILES string of the molecule is CC(C)n1cncc1-c1ccc(N)nc1. The van der Waals surface area contributed by atoms with E-state index in [4.69, 9.17) is 5.73 Å². The third-order valence-electron chi connectivity index (χ3n) is 2.30. The number of rotatable bonds is 2. The molecule has 0 radical (unpaired) electrons. The zero-order valence-electron chi connectivity index (χ0n) is 8.88. The molecule has 2 aromatic heterocycles. The van der Waals surface area contributed by atoms with Gasteiger partial charge < -0.3 is 10.3 Å². The first-order chi connectivity index (χ1) is 7.18. The van der Waals surface area contributed by atoms with Gasteiger partial charge in [-0.25, -0.2) is 9.97 Å². The lowest BCUT2D eigenvalue weighted by Crippen LogP contribution is -2.01. The van der Waals surface area contributed by atoms with Crippen LogP contribution in [0.25, 0.3) is 11.3 Å². The molecule has 0 saturated carbocycles. The van der Waals surface area contributed by atoms with E-state index < -0.39 is 0 Å². The van der Waals surface area contributed by atoms with Crippen molar-refractivity contribution in [1.29, 1.82) is 0 Å². The van der Waals surface area contributed by atoms with Gasteiger partial charge in [0.25, 0.3) is 0 Å². The minimum absolute atomic E-state index is 0.389. The molecule has 0 saturated heterocycles. The fourth-order valence-corrected chi connectivity index (χ4v) is 1.50. The van der Waals surface area contributed by atoms with Crippen molar-refractivity contribution in [3.05, 3.63) is 30.9 Å². The fraction of sp³-hybridized carbons (Fsp3) is 0.273. The van der Waals surface area contributed by atoms with Crippen LogP contribution in [0.5, 0.6) is 0 Å². The van der Waals surface area contributed by atoms with Crippen molar-refractivity contribution in [3.63, 3.8) is 0 Å². The average molecular weight is 202 g/mol. The number of aromatic nitrogens is 3. The summed E-state index contributed by atoms with van der Waals surface area (Å²) in [7, 11) is 0. The van der Waals surface area contributed by atoms with Gasteiger partial charge in [-0.1, -0.05) is 0 Å². The Kier molecular flexibility index (Phi) is 2.41. The Bertz CT molecular complexity index is 442. The molecule has 0 aliphatic carbocycles. The number of imidazole rings is 1. The Balaban J connectivity index is 2.45. The van der Waals surface area contributed by atoms with Gasteiger partial charge in [-0.3, -0.25) is 0 Å². The second-order valence-corrected chi connectivity index (χ2v) is 3.75. The zero-order chi connectivity index (χ0) is 10.8. The summed E-state index contributed by atoms with van der Waals surface area (Å²) in [5.74, 6) is 0.536. The minimum atomic E-state index is 0.389. The standard InChI is InChI=1S/C11H14N4/c1-8(2)15-7-13-6-10(15)9-3-4-11(12)14-5-9/h3-8H,1-2H3,(H2,12,14). The molecule has 0 aliphatic rings. The largest absolute Gasteiger partial charge is 0.384 e. The van der Waals surface area contributed by atoms with Crippen LogP contribution in [0.15, 0.2) is 30.9 Å². The molecular formula is C11H14N4. The van der Waals surface area contributed by atoms with Crippen molar-refractivity contribution in [1.82, 2.24) is 14.5 Å². The maximum absolute atomic E-state index is 5.54. The number of hydrogen-bond donors (Lipinski definition) is 1. The smallest absolute Gasteiger partial charge is 0.123 e. The van der Waals surface area contributed by atoms with Gasteiger partial charge in [0.05, 0.1) is 18.2 Å². The Labute approximate surface area is 88.8 Å². The molecule has 2 heterocycles. The minimum Gasteiger partial charge on any atom is -0.384 e. The lowest BCUT2D eigenvalue weighted by atomic mass is 10.2. The number of nitrogens with zero attached hydrogens (tertiary/aromatic N) is 3. The van der Waals surface area contributed by atoms with Crippen molar-refractivity contribution in [2.45, 2.75) is 19.9 Å². The molecule has 2 aromatic rings. The van der Waals surface area contributed by atoms with Gasteiger partial charge in [-0.2, -0.15) is 0 Å². The molecule has 4 nitrogen and oxygen atoms in total. The van der Waals surface area contributed by atoms with Crippen LogP contribution < -0.4 is 5.73 Å². The lowest BCUT2D eigenvalue weighted by Gasteiger charge is -2.11. The second-order valence-electron chi connectivity index (χ2n) is 3.75. The highest BCUT2D eigenvalue weighted by molar-refractivity contribution is 5.59. The number of nitrogens with two attached hydrogens (primary N) is 1. The summed E-state index contributed by atoms with van der Waals surface area (Å²) in [6, 6.07) is 4.14. The Morgan fingerprint density at radius 1 is 1.27 bits per heavy atom. The topological polar surface area (TPSA) is 56.7 Å². The molecule has 0 atom stereocenters. The number of pyridine rings is 1. The maximum atomic E-state index is 5.54. The average Bonchev–Trinajstić information content (AvgIpc) is 2.67. The highest BCUT2D eigenvalue weighted by atomic mass is 15.1. The summed E-state index contributed by atoms with van der Waals surface area (Å²) in [6.07, 6.45) is 5.44. The normalized spacial score (nSPS) is 10.9. The summed E-state index contributed by atoms with van der Waals surface area (Å²) in [5, 5.41) is 0. The van der Waals surface area contributed by atoms with Crippen LogP contribution in [-0.2, 0) is 0 Å². The van der Waals surface area contributed by atoms with Gasteiger partial charge in [0.1, 0.15) is 5.82 Å². The molecule has 2 N–H and O–H groups in total. The fourth-order valence-electron chi connectivity index (χ4n) is 1.50. The Hall–Kier alpha value is -1.84. The summed E-state index contributed by atoms with van der Waals surface area (Å²) in [6.45, 7) is 4.24. The number of anilines is 1. The maximum Gasteiger partial charge on any atom is 0.123 e. The van der Waals surface area contributed by atoms with E-state index in [0.717, 1.165) is 11.3 Å². The van der Waals surface area contributed by atoms with Gasteiger partial charge in [0, 0.05) is 17.8 Å². The van der Waals surface area contributed by atoms with Crippen molar-refractivity contribution in [3.8, 4) is 11.3 Å². The third kappa shape index (κ3) is 1.83. The first kappa shape index (κ1) is 9.71. The molecule has 0 spiro atoms. The summed E-state index contributed by atoms with van der Waals surface area (Å²) in [5.41, 5.74) is 7.65. The summed E-state index contributed by atoms with van der Waals surface area (Å²) in [4.78, 5) is 8.22. The molecule has 0 bridgehead atoms. The van der Waals surface area contributed by atoms with Gasteiger partial charge >= 0.3 is 0 Å². The molecule has 4 heteroatoms. The van der Waals surface area contributed by atoms with Crippen LogP contribution in [0.1, 0.15) is 19.9 Å². The highest BCUT2D eigenvalue weighted by Gasteiger charge is 2.07. The molecule has 0 aliphatic heterocycles. The molecule has 2 rings (SSSR count). The van der Waals surface area contributed by atoms with Crippen molar-refractivity contribution < 1.29 is 0 Å². The van der Waals surface area contributed by atoms with Gasteiger partial charge in [0.2, 0.25) is 0 Å². The molecule has 0 amide bonds. The first-order valence-corrected chi connectivity index (χ1v) is 4.92. The van der Waals surface area contributed by atoms with E-state index in [2.05, 4.69) is 28.4 Å². The highest BCUT2D eigenvalue weighted by Crippen LogP contribution is 2.21. The van der Waals surface area contributed by atoms with Crippen LogP contribution in [-0.4, -0.2) is 14.5 Å². The van der Waals surface area contributed by atoms with Crippen LogP contribution in [0.3, 0.4) is 0 Å². The van der Waals surface area contributed by atoms with Gasteiger partial charge in [-0.05, 0) is 26.0 Å². The van der Waals surface area contributed by atoms with E-state index in [1.807, 2.05) is 18.6 Å². The monoisotopic (exact) mass is 202 g/mol. The lowest BCUT2D eigenvalue weighted by molar-refractivity contribution is 0.605. The predicted octanol–water partition coefficient (Wildman–Crippen LogP) is 2.11. The molecule has 0 aromatic carbocycles. The molecule has 0 fully saturated rings. The molecule has 0 unspecified atom stereocenters. The molecule has 78 valence electrons. The zero-order valence-corrected chi connectivity index (χ0v) is 8.88. The van der Waals surface area contributed by atoms with Crippen molar-refractivity contribution in [2.75, 3.05) is 5.73 Å². The number of nitrogen functional groups attached to an aromatic ring is 1. The van der Waals surface area contributed by atoms with Crippen LogP contribution in [0.2, 0.25) is 0 Å². The van der Waals surface area contributed by atoms with Crippen molar-refractivity contribution in [2.24, 2.45) is 0 Å². The van der Waals surface area contributed by atoms with Crippen LogP contribution >= 0.6 is 0 Å². The van der Waals surface area contributed by atoms with Crippen molar-refractivity contribution >= 4 is 5.82 Å². The van der Waals surface area contributed by atoms with Crippen LogP contribution in [0.4, 0.5) is 5.82 Å². The third-order valence-corrected chi connectivity index (χ3v) is 2.30. The predicted molar refractivity (Wildman–Crippen MR) is 60.3 cm³/mol. The van der Waals surface area contributed by atoms with E-state index in [1.165, 1.54) is 0 Å². The van der Waals surface area contributed by atoms with E-state index in [1.54, 1.807) is 12.3 Å².